The average Bonchev–Trinajstić information content (AvgIpc) is 2.93. The van der Waals surface area contributed by atoms with Crippen molar-refractivity contribution in [3.63, 3.8) is 0 Å². The van der Waals surface area contributed by atoms with Gasteiger partial charge in [0, 0.05) is 43.1 Å². The minimum atomic E-state index is 0.394. The highest BCUT2D eigenvalue weighted by atomic mass is 35.5. The van der Waals surface area contributed by atoms with Crippen LogP contribution in [-0.2, 0) is 13.0 Å². The van der Waals surface area contributed by atoms with E-state index in [0.717, 1.165) is 73.6 Å². The van der Waals surface area contributed by atoms with Crippen LogP contribution in [0.3, 0.4) is 0 Å². The summed E-state index contributed by atoms with van der Waals surface area (Å²) < 4.78 is 0. The van der Waals surface area contributed by atoms with E-state index in [0.29, 0.717) is 22.1 Å². The summed E-state index contributed by atoms with van der Waals surface area (Å²) in [4.78, 5) is 11.7. The molecule has 8 heteroatoms. The Bertz CT molecular complexity index is 1400. The zero-order valence-corrected chi connectivity index (χ0v) is 24.1. The smallest absolute Gasteiger partial charge is 0.225 e. The van der Waals surface area contributed by atoms with Crippen LogP contribution in [-0.4, -0.2) is 42.7 Å². The summed E-state index contributed by atoms with van der Waals surface area (Å²) in [6.07, 6.45) is 5.48. The van der Waals surface area contributed by atoms with Crippen LogP contribution in [0.2, 0.25) is 10.0 Å². The normalized spacial score (nSPS) is 17.2. The first-order valence-corrected chi connectivity index (χ1v) is 14.4. The quantitative estimate of drug-likeness (QED) is 0.190. The lowest BCUT2D eigenvalue weighted by Crippen LogP contribution is -2.38. The van der Waals surface area contributed by atoms with Gasteiger partial charge in [-0.05, 0) is 80.1 Å². The number of rotatable bonds is 10. The van der Waals surface area contributed by atoms with Gasteiger partial charge in [0.15, 0.2) is 0 Å². The highest BCUT2D eigenvalue weighted by molar-refractivity contribution is 6.36. The Morgan fingerprint density at radius 2 is 1.56 bits per heavy atom. The van der Waals surface area contributed by atoms with E-state index in [1.54, 1.807) is 6.07 Å². The number of nitrogens with zero attached hydrogens (tertiary/aromatic N) is 3. The van der Waals surface area contributed by atoms with E-state index in [1.165, 1.54) is 11.1 Å². The number of nitrogens with one attached hydrogen (secondary N) is 3. The van der Waals surface area contributed by atoms with Gasteiger partial charge in [-0.2, -0.15) is 4.98 Å². The molecule has 0 spiro atoms. The topological polar surface area (TPSA) is 65.1 Å². The zero-order chi connectivity index (χ0) is 27.2. The lowest BCUT2D eigenvalue weighted by Gasteiger charge is -2.30. The molecule has 1 aromatic heterocycles. The second-order valence-electron chi connectivity index (χ2n) is 10.4. The molecule has 0 atom stereocenters. The molecule has 1 heterocycles. The van der Waals surface area contributed by atoms with E-state index in [4.69, 9.17) is 33.2 Å². The summed E-state index contributed by atoms with van der Waals surface area (Å²) in [5, 5.41) is 13.2. The van der Waals surface area contributed by atoms with Crippen molar-refractivity contribution in [2.45, 2.75) is 50.7 Å². The van der Waals surface area contributed by atoms with Gasteiger partial charge < -0.3 is 20.9 Å². The molecule has 0 saturated heterocycles. The maximum atomic E-state index is 6.33. The van der Waals surface area contributed by atoms with Gasteiger partial charge in [0.2, 0.25) is 5.95 Å². The van der Waals surface area contributed by atoms with Crippen LogP contribution >= 0.6 is 23.2 Å². The van der Waals surface area contributed by atoms with Crippen LogP contribution < -0.4 is 20.9 Å². The van der Waals surface area contributed by atoms with Gasteiger partial charge in [0.05, 0.1) is 16.2 Å². The highest BCUT2D eigenvalue weighted by Gasteiger charge is 2.22. The molecule has 0 bridgehead atoms. The largest absolute Gasteiger partial charge is 0.380 e. The third-order valence-electron chi connectivity index (χ3n) is 7.41. The number of para-hydroxylation sites is 1. The Kier molecular flexibility index (Phi) is 9.07. The first-order chi connectivity index (χ1) is 19.0. The number of hydrogen-bond donors (Lipinski definition) is 3. The second kappa shape index (κ2) is 12.9. The standard InChI is InChI=1S/C31H36Cl2N6/c1-39(2)30-26-9-5-6-10-28(26)37-31(38-30)36-25-14-12-24(13-15-25)34-18-17-21-7-3-4-8-22(21)20-35-29-16-11-23(32)19-27(29)33/h3-11,16,19,24-25,34-35H,12-15,17-18,20H2,1-2H3,(H,36,37,38). The van der Waals surface area contributed by atoms with Gasteiger partial charge >= 0.3 is 0 Å². The van der Waals surface area contributed by atoms with Crippen LogP contribution in [0.5, 0.6) is 0 Å². The summed E-state index contributed by atoms with van der Waals surface area (Å²) in [6, 6.07) is 23.3. The Morgan fingerprint density at radius 3 is 2.33 bits per heavy atom. The van der Waals surface area contributed by atoms with Crippen LogP contribution in [0, 0.1) is 0 Å². The third-order valence-corrected chi connectivity index (χ3v) is 7.96. The lowest BCUT2D eigenvalue weighted by atomic mass is 9.91. The summed E-state index contributed by atoms with van der Waals surface area (Å²) >= 11 is 12.4. The molecule has 204 valence electrons. The molecule has 1 aliphatic carbocycles. The fraction of sp³-hybridized carbons (Fsp3) is 0.355. The minimum absolute atomic E-state index is 0.394. The average molecular weight is 564 g/mol. The van der Waals surface area contributed by atoms with Gasteiger partial charge in [-0.25, -0.2) is 4.98 Å². The van der Waals surface area contributed by atoms with Crippen molar-refractivity contribution in [3.8, 4) is 0 Å². The van der Waals surface area contributed by atoms with Crippen molar-refractivity contribution in [2.24, 2.45) is 0 Å². The van der Waals surface area contributed by atoms with Crippen molar-refractivity contribution >= 4 is 51.6 Å². The van der Waals surface area contributed by atoms with Crippen LogP contribution in [0.4, 0.5) is 17.5 Å². The predicted octanol–water partition coefficient (Wildman–Crippen LogP) is 7.17. The molecule has 39 heavy (non-hydrogen) atoms. The summed E-state index contributed by atoms with van der Waals surface area (Å²) in [5.74, 6) is 1.67. The van der Waals surface area contributed by atoms with Gasteiger partial charge in [-0.3, -0.25) is 0 Å². The number of anilines is 3. The number of benzene rings is 3. The lowest BCUT2D eigenvalue weighted by molar-refractivity contribution is 0.355. The molecule has 6 nitrogen and oxygen atoms in total. The fourth-order valence-electron chi connectivity index (χ4n) is 5.30. The highest BCUT2D eigenvalue weighted by Crippen LogP contribution is 2.28. The van der Waals surface area contributed by atoms with Gasteiger partial charge in [-0.1, -0.05) is 59.6 Å². The Morgan fingerprint density at radius 1 is 0.846 bits per heavy atom. The molecular weight excluding hydrogens is 527 g/mol. The molecule has 0 amide bonds. The molecule has 1 aliphatic rings. The van der Waals surface area contributed by atoms with E-state index in [9.17, 15) is 0 Å². The molecule has 0 radical (unpaired) electrons. The van der Waals surface area contributed by atoms with Crippen LogP contribution in [0.1, 0.15) is 36.8 Å². The van der Waals surface area contributed by atoms with Crippen LogP contribution in [0.25, 0.3) is 10.9 Å². The van der Waals surface area contributed by atoms with Crippen molar-refractivity contribution in [2.75, 3.05) is 36.2 Å². The molecule has 4 aromatic rings. The summed E-state index contributed by atoms with van der Waals surface area (Å²) in [5.41, 5.74) is 4.50. The van der Waals surface area contributed by atoms with Gasteiger partial charge in [0.1, 0.15) is 5.82 Å². The summed E-state index contributed by atoms with van der Waals surface area (Å²) in [7, 11) is 4.05. The van der Waals surface area contributed by atoms with Crippen molar-refractivity contribution in [3.05, 3.63) is 87.9 Å². The van der Waals surface area contributed by atoms with E-state index in [-0.39, 0.29) is 0 Å². The molecule has 1 fully saturated rings. The minimum Gasteiger partial charge on any atom is -0.380 e. The predicted molar refractivity (Wildman–Crippen MR) is 165 cm³/mol. The van der Waals surface area contributed by atoms with Gasteiger partial charge in [-0.15, -0.1) is 0 Å². The number of fused-ring (bicyclic) bond motifs is 1. The number of aromatic nitrogens is 2. The molecular formula is C31H36Cl2N6. The first kappa shape index (κ1) is 27.5. The summed E-state index contributed by atoms with van der Waals surface area (Å²) in [6.45, 7) is 1.68. The zero-order valence-electron chi connectivity index (χ0n) is 22.6. The molecule has 5 rings (SSSR count). The maximum absolute atomic E-state index is 6.33. The number of halogens is 2. The van der Waals surface area contributed by atoms with Crippen LogP contribution in [0.15, 0.2) is 66.7 Å². The van der Waals surface area contributed by atoms with E-state index in [1.807, 2.05) is 38.4 Å². The van der Waals surface area contributed by atoms with Crippen molar-refractivity contribution in [1.82, 2.24) is 15.3 Å². The monoisotopic (exact) mass is 562 g/mol. The molecule has 3 aromatic carbocycles. The van der Waals surface area contributed by atoms with Crippen molar-refractivity contribution in [1.29, 1.82) is 0 Å². The fourth-order valence-corrected chi connectivity index (χ4v) is 5.77. The Hall–Kier alpha value is -3.06. The van der Waals surface area contributed by atoms with Crippen molar-refractivity contribution < 1.29 is 0 Å². The van der Waals surface area contributed by atoms with Gasteiger partial charge in [0.25, 0.3) is 0 Å². The van der Waals surface area contributed by atoms with E-state index in [2.05, 4.69) is 57.2 Å². The van der Waals surface area contributed by atoms with E-state index >= 15 is 0 Å². The number of hydrogen-bond acceptors (Lipinski definition) is 6. The molecule has 1 saturated carbocycles. The third kappa shape index (κ3) is 7.13. The Balaban J connectivity index is 1.10. The second-order valence-corrected chi connectivity index (χ2v) is 11.3. The maximum Gasteiger partial charge on any atom is 0.225 e. The molecule has 0 aliphatic heterocycles. The van der Waals surface area contributed by atoms with E-state index < -0.39 is 0 Å². The molecule has 0 unspecified atom stereocenters. The molecule has 3 N–H and O–H groups in total. The first-order valence-electron chi connectivity index (χ1n) is 13.7. The SMILES string of the molecule is CN(C)c1nc(NC2CCC(NCCc3ccccc3CNc3ccc(Cl)cc3Cl)CC2)nc2ccccc12. The Labute approximate surface area is 241 Å².